The Hall–Kier alpha value is -1.37. The van der Waals surface area contributed by atoms with E-state index < -0.39 is 0 Å². The summed E-state index contributed by atoms with van der Waals surface area (Å²) in [6, 6.07) is 8.85. The summed E-state index contributed by atoms with van der Waals surface area (Å²) < 4.78 is 23.1. The second-order valence-electron chi connectivity index (χ2n) is 6.61. The van der Waals surface area contributed by atoms with E-state index in [0.717, 1.165) is 19.3 Å². The molecule has 8 heteroatoms. The fraction of sp³-hybridized carbons (Fsp3) is 0.435. The van der Waals surface area contributed by atoms with Crippen molar-refractivity contribution in [3.63, 3.8) is 0 Å². The SMILES string of the molecule is CCCOc1cc(OCCC)c(PC(=O)c2c(Cl)cccc2OC)c(OCCC)c1.[LiH]. The summed E-state index contributed by atoms with van der Waals surface area (Å²) >= 11 is 6.32. The number of halogens is 1. The molecule has 2 rings (SSSR count). The van der Waals surface area contributed by atoms with Gasteiger partial charge in [-0.1, -0.05) is 38.4 Å². The van der Waals surface area contributed by atoms with E-state index in [0.29, 0.717) is 58.7 Å². The Kier molecular flexibility index (Phi) is 13.1. The van der Waals surface area contributed by atoms with Gasteiger partial charge in [-0.25, -0.2) is 0 Å². The monoisotopic (exact) mass is 460 g/mol. The number of methoxy groups -OCH3 is 1. The van der Waals surface area contributed by atoms with Crippen LogP contribution in [0.3, 0.4) is 0 Å². The van der Waals surface area contributed by atoms with Crippen molar-refractivity contribution in [3.8, 4) is 23.0 Å². The van der Waals surface area contributed by atoms with Crippen LogP contribution in [0.4, 0.5) is 0 Å². The van der Waals surface area contributed by atoms with Gasteiger partial charge in [0.1, 0.15) is 23.0 Å². The van der Waals surface area contributed by atoms with Gasteiger partial charge in [0.05, 0.1) is 42.8 Å². The Morgan fingerprint density at radius 3 is 1.97 bits per heavy atom. The molecule has 2 aromatic rings. The number of carbonyl (C=O) groups excluding carboxylic acids is 1. The number of hydrogen-bond acceptors (Lipinski definition) is 5. The van der Waals surface area contributed by atoms with Crippen LogP contribution in [0, 0.1) is 0 Å². The maximum atomic E-state index is 13.2. The van der Waals surface area contributed by atoms with Crippen molar-refractivity contribution in [3.05, 3.63) is 40.9 Å². The minimum atomic E-state index is -0.239. The van der Waals surface area contributed by atoms with Gasteiger partial charge in [-0.3, -0.25) is 4.79 Å². The first-order chi connectivity index (χ1) is 14.5. The first-order valence-electron chi connectivity index (χ1n) is 10.3. The van der Waals surface area contributed by atoms with Crippen LogP contribution in [-0.4, -0.2) is 51.3 Å². The van der Waals surface area contributed by atoms with Crippen molar-refractivity contribution in [1.29, 1.82) is 0 Å². The molecule has 31 heavy (non-hydrogen) atoms. The second-order valence-corrected chi connectivity index (χ2v) is 8.22. The van der Waals surface area contributed by atoms with Gasteiger partial charge in [0.2, 0.25) is 0 Å². The summed E-state index contributed by atoms with van der Waals surface area (Å²) in [5, 5.41) is 1.08. The van der Waals surface area contributed by atoms with Crippen molar-refractivity contribution < 1.29 is 23.7 Å². The van der Waals surface area contributed by atoms with E-state index in [-0.39, 0.29) is 33.0 Å². The van der Waals surface area contributed by atoms with Crippen LogP contribution in [0.25, 0.3) is 0 Å². The molecule has 0 heterocycles. The van der Waals surface area contributed by atoms with E-state index in [1.807, 2.05) is 32.9 Å². The number of ether oxygens (including phenoxy) is 4. The van der Waals surface area contributed by atoms with Gasteiger partial charge in [0.15, 0.2) is 5.52 Å². The summed E-state index contributed by atoms with van der Waals surface area (Å²) in [6.45, 7) is 7.78. The van der Waals surface area contributed by atoms with E-state index >= 15 is 0 Å². The molecule has 1 unspecified atom stereocenters. The topological polar surface area (TPSA) is 54.0 Å². The second kappa shape index (κ2) is 14.6. The molecule has 0 aliphatic heterocycles. The van der Waals surface area contributed by atoms with Gasteiger partial charge >= 0.3 is 18.9 Å². The average molecular weight is 461 g/mol. The van der Waals surface area contributed by atoms with Crippen LogP contribution in [0.5, 0.6) is 23.0 Å². The van der Waals surface area contributed by atoms with Crippen LogP contribution in [0.1, 0.15) is 50.4 Å². The van der Waals surface area contributed by atoms with E-state index in [9.17, 15) is 4.79 Å². The number of hydrogen-bond donors (Lipinski definition) is 0. The van der Waals surface area contributed by atoms with E-state index in [1.165, 1.54) is 7.11 Å². The quantitative estimate of drug-likeness (QED) is 0.303. The summed E-state index contributed by atoms with van der Waals surface area (Å²) in [5.74, 6) is 2.34. The molecule has 0 aromatic heterocycles. The van der Waals surface area contributed by atoms with Crippen LogP contribution < -0.4 is 24.3 Å². The van der Waals surface area contributed by atoms with Crippen molar-refractivity contribution in [1.82, 2.24) is 0 Å². The molecule has 0 aliphatic rings. The molecule has 0 N–H and O–H groups in total. The van der Waals surface area contributed by atoms with Gasteiger partial charge in [-0.2, -0.15) is 0 Å². The molecule has 0 saturated heterocycles. The Bertz CT molecular complexity index is 818. The third kappa shape index (κ3) is 7.92. The van der Waals surface area contributed by atoms with E-state index in [2.05, 4.69) is 0 Å². The summed E-state index contributed by atoms with van der Waals surface area (Å²) in [4.78, 5) is 13.2. The summed E-state index contributed by atoms with van der Waals surface area (Å²) in [7, 11) is 1.29. The average Bonchev–Trinajstić information content (AvgIpc) is 2.75. The first-order valence-corrected chi connectivity index (χ1v) is 11.6. The Morgan fingerprint density at radius 1 is 0.903 bits per heavy atom. The molecule has 0 fully saturated rings. The number of carbonyl (C=O) groups is 1. The maximum absolute atomic E-state index is 13.2. The fourth-order valence-corrected chi connectivity index (χ4v) is 4.19. The van der Waals surface area contributed by atoms with Gasteiger partial charge in [0.25, 0.3) is 0 Å². The predicted octanol–water partition coefficient (Wildman–Crippen LogP) is 5.21. The van der Waals surface area contributed by atoms with E-state index in [4.69, 9.17) is 30.5 Å². The zero-order chi connectivity index (χ0) is 21.9. The van der Waals surface area contributed by atoms with Crippen molar-refractivity contribution in [2.24, 2.45) is 0 Å². The van der Waals surface area contributed by atoms with Gasteiger partial charge in [0, 0.05) is 12.1 Å². The molecule has 0 radical (unpaired) electrons. The van der Waals surface area contributed by atoms with Gasteiger partial charge in [-0.05, 0) is 40.0 Å². The number of rotatable bonds is 13. The van der Waals surface area contributed by atoms with Crippen LogP contribution in [-0.2, 0) is 0 Å². The first kappa shape index (κ1) is 27.7. The van der Waals surface area contributed by atoms with Crippen molar-refractivity contribution in [2.75, 3.05) is 26.9 Å². The minimum absolute atomic E-state index is 0. The molecule has 0 spiro atoms. The van der Waals surface area contributed by atoms with Gasteiger partial charge in [-0.15, -0.1) is 0 Å². The van der Waals surface area contributed by atoms with Crippen LogP contribution in [0.15, 0.2) is 30.3 Å². The molecule has 0 bridgehead atoms. The van der Waals surface area contributed by atoms with Crippen LogP contribution >= 0.6 is 20.2 Å². The predicted molar refractivity (Wildman–Crippen MR) is 131 cm³/mol. The summed E-state index contributed by atoms with van der Waals surface area (Å²) in [6.07, 6.45) is 2.59. The standard InChI is InChI=1S/C23H30ClO5P.Li.H/c1-5-11-27-16-14-19(28-12-6-2)22(20(15-16)29-13-7-3)30-23(25)21-17(24)9-8-10-18(21)26-4;;/h8-10,14-15,30H,5-7,11-13H2,1-4H3;;. The molecule has 0 amide bonds. The van der Waals surface area contributed by atoms with Crippen LogP contribution in [0.2, 0.25) is 5.02 Å². The molecule has 0 aliphatic carbocycles. The third-order valence-electron chi connectivity index (χ3n) is 4.10. The molecule has 5 nitrogen and oxygen atoms in total. The Morgan fingerprint density at radius 2 is 1.45 bits per heavy atom. The molecule has 0 saturated carbocycles. The molecule has 1 atom stereocenters. The zero-order valence-corrected chi connectivity index (χ0v) is 19.8. The molecular formula is C23H31ClLiO5P. The van der Waals surface area contributed by atoms with Crippen molar-refractivity contribution in [2.45, 2.75) is 40.0 Å². The molecular weight excluding hydrogens is 430 g/mol. The summed E-state index contributed by atoms with van der Waals surface area (Å²) in [5.41, 5.74) is 0.233. The third-order valence-corrected chi connectivity index (χ3v) is 5.63. The normalized spacial score (nSPS) is 10.6. The Labute approximate surface area is 204 Å². The molecule has 2 aromatic carbocycles. The van der Waals surface area contributed by atoms with E-state index in [1.54, 1.807) is 18.2 Å². The fourth-order valence-electron chi connectivity index (χ4n) is 2.71. The molecule has 166 valence electrons. The van der Waals surface area contributed by atoms with Gasteiger partial charge < -0.3 is 18.9 Å². The number of benzene rings is 2. The Balaban J connectivity index is 0.00000480. The van der Waals surface area contributed by atoms with Crippen molar-refractivity contribution >= 4 is 49.9 Å². The zero-order valence-electron chi connectivity index (χ0n) is 18.0.